The molecule has 0 bridgehead atoms. The third kappa shape index (κ3) is 5.41. The minimum atomic E-state index is -0.587. The van der Waals surface area contributed by atoms with E-state index in [9.17, 15) is 14.0 Å². The minimum Gasteiger partial charge on any atom is -0.489 e. The number of imide groups is 1. The molecular weight excluding hydrogens is 512 g/mol. The third-order valence-electron chi connectivity index (χ3n) is 5.80. The van der Waals surface area contributed by atoms with E-state index in [0.717, 1.165) is 0 Å². The molecular formula is C24H23Cl2FN5O4+. The maximum Gasteiger partial charge on any atom is 0.430 e. The van der Waals surface area contributed by atoms with Gasteiger partial charge in [0.25, 0.3) is 0 Å². The Hall–Kier alpha value is -3.31. The van der Waals surface area contributed by atoms with Crippen LogP contribution in [-0.2, 0) is 11.2 Å². The van der Waals surface area contributed by atoms with Gasteiger partial charge >= 0.3 is 11.9 Å². The van der Waals surface area contributed by atoms with Crippen LogP contribution in [0.25, 0.3) is 0 Å². The number of hydrogen-bond acceptors (Lipinski definition) is 7. The number of quaternary nitrogens is 1. The molecule has 188 valence electrons. The van der Waals surface area contributed by atoms with Crippen LogP contribution >= 0.6 is 23.2 Å². The fraction of sp³-hybridized carbons (Fsp3) is 0.250. The number of carbonyl (C=O) groups excluding carboxylic acids is 2. The SMILES string of the molecule is Nc1nnc(NC(=O)[N+]2(C(=O)c3ccccc3)CCOCC2)cc1OCCc1c(Cl)ccc(F)c1Cl. The van der Waals surface area contributed by atoms with Gasteiger partial charge in [0.2, 0.25) is 0 Å². The number of aromatic nitrogens is 2. The standard InChI is InChI=1S/C24H22Cl2FN5O4/c25-17-6-7-18(27)21(26)16(17)8-11-36-19-14-20(30-31-22(19)28)29-24(34)32(9-12-35-13-10-32)23(33)15-4-2-1-3-5-15/h1-7,14H,8-13H2,(H2-,28,29,30,31,34)/p+1. The van der Waals surface area contributed by atoms with Gasteiger partial charge in [-0.05, 0) is 29.8 Å². The Balaban J connectivity index is 1.49. The Bertz CT molecular complexity index is 1270. The first-order valence-electron chi connectivity index (χ1n) is 11.1. The van der Waals surface area contributed by atoms with Crippen molar-refractivity contribution in [3.63, 3.8) is 0 Å². The maximum atomic E-state index is 13.8. The average Bonchev–Trinajstić information content (AvgIpc) is 2.90. The van der Waals surface area contributed by atoms with Gasteiger partial charge in [0.15, 0.2) is 17.4 Å². The Labute approximate surface area is 216 Å². The van der Waals surface area contributed by atoms with Crippen molar-refractivity contribution >= 4 is 46.8 Å². The lowest BCUT2D eigenvalue weighted by Crippen LogP contribution is -2.63. The first-order valence-corrected chi connectivity index (χ1v) is 11.8. The number of nitrogens with zero attached hydrogens (tertiary/aromatic N) is 3. The summed E-state index contributed by atoms with van der Waals surface area (Å²) in [6.45, 7) is 0.884. The number of ether oxygens (including phenoxy) is 2. The van der Waals surface area contributed by atoms with Crippen molar-refractivity contribution in [2.45, 2.75) is 6.42 Å². The number of nitrogens with two attached hydrogens (primary N) is 1. The van der Waals surface area contributed by atoms with Crippen molar-refractivity contribution in [1.29, 1.82) is 0 Å². The van der Waals surface area contributed by atoms with Crippen LogP contribution in [0.15, 0.2) is 48.5 Å². The highest BCUT2D eigenvalue weighted by molar-refractivity contribution is 6.36. The monoisotopic (exact) mass is 534 g/mol. The van der Waals surface area contributed by atoms with E-state index in [2.05, 4.69) is 15.5 Å². The molecule has 0 unspecified atom stereocenters. The number of rotatable bonds is 6. The summed E-state index contributed by atoms with van der Waals surface area (Å²) in [5.74, 6) is -0.751. The number of morpholine rings is 1. The van der Waals surface area contributed by atoms with E-state index in [1.54, 1.807) is 30.3 Å². The molecule has 0 radical (unpaired) electrons. The number of urea groups is 1. The lowest BCUT2D eigenvalue weighted by atomic mass is 10.1. The highest BCUT2D eigenvalue weighted by atomic mass is 35.5. The molecule has 0 aliphatic carbocycles. The molecule has 2 aromatic carbocycles. The molecule has 4 rings (SSSR count). The number of benzene rings is 2. The van der Waals surface area contributed by atoms with E-state index in [1.165, 1.54) is 18.2 Å². The number of anilines is 2. The number of carbonyl (C=O) groups is 2. The van der Waals surface area contributed by atoms with E-state index in [0.29, 0.717) is 16.1 Å². The predicted octanol–water partition coefficient (Wildman–Crippen LogP) is 4.35. The van der Waals surface area contributed by atoms with Crippen LogP contribution < -0.4 is 15.8 Å². The highest BCUT2D eigenvalue weighted by Gasteiger charge is 2.47. The second kappa shape index (κ2) is 11.2. The summed E-state index contributed by atoms with van der Waals surface area (Å²) < 4.78 is 24.4. The summed E-state index contributed by atoms with van der Waals surface area (Å²) in [6.07, 6.45) is 0.199. The predicted molar refractivity (Wildman–Crippen MR) is 133 cm³/mol. The van der Waals surface area contributed by atoms with Gasteiger partial charge in [0, 0.05) is 17.5 Å². The average molecular weight is 535 g/mol. The van der Waals surface area contributed by atoms with Crippen molar-refractivity contribution in [3.8, 4) is 5.75 Å². The molecule has 2 heterocycles. The van der Waals surface area contributed by atoms with Crippen molar-refractivity contribution < 1.29 is 27.9 Å². The molecule has 3 amide bonds. The van der Waals surface area contributed by atoms with Crippen molar-refractivity contribution in [3.05, 3.63) is 75.5 Å². The molecule has 12 heteroatoms. The normalized spacial score (nSPS) is 14.8. The van der Waals surface area contributed by atoms with Crippen LogP contribution in [0, 0.1) is 5.82 Å². The molecule has 3 N–H and O–H groups in total. The van der Waals surface area contributed by atoms with Crippen molar-refractivity contribution in [2.24, 2.45) is 0 Å². The zero-order valence-electron chi connectivity index (χ0n) is 19.0. The second-order valence-electron chi connectivity index (χ2n) is 8.03. The quantitative estimate of drug-likeness (QED) is 0.356. The summed E-state index contributed by atoms with van der Waals surface area (Å²) >= 11 is 12.1. The molecule has 36 heavy (non-hydrogen) atoms. The topological polar surface area (TPSA) is 116 Å². The van der Waals surface area contributed by atoms with Crippen LogP contribution in [0.1, 0.15) is 15.9 Å². The third-order valence-corrected chi connectivity index (χ3v) is 6.56. The lowest BCUT2D eigenvalue weighted by Gasteiger charge is -2.35. The van der Waals surface area contributed by atoms with Gasteiger partial charge in [0.1, 0.15) is 18.9 Å². The van der Waals surface area contributed by atoms with Crippen molar-refractivity contribution in [1.82, 2.24) is 10.2 Å². The van der Waals surface area contributed by atoms with Crippen LogP contribution in [0.3, 0.4) is 0 Å². The van der Waals surface area contributed by atoms with Crippen LogP contribution in [0.5, 0.6) is 5.75 Å². The molecule has 1 fully saturated rings. The first kappa shape index (κ1) is 25.8. The summed E-state index contributed by atoms with van der Waals surface area (Å²) in [7, 11) is 0. The van der Waals surface area contributed by atoms with E-state index < -0.39 is 16.3 Å². The zero-order chi connectivity index (χ0) is 25.7. The van der Waals surface area contributed by atoms with Gasteiger partial charge in [-0.2, -0.15) is 4.48 Å². The Morgan fingerprint density at radius 2 is 1.83 bits per heavy atom. The summed E-state index contributed by atoms with van der Waals surface area (Å²) in [4.78, 5) is 26.7. The molecule has 1 aliphatic rings. The molecule has 3 aromatic rings. The van der Waals surface area contributed by atoms with Gasteiger partial charge in [-0.15, -0.1) is 10.2 Å². The van der Waals surface area contributed by atoms with E-state index in [1.807, 2.05) is 0 Å². The van der Waals surface area contributed by atoms with Gasteiger partial charge in [-0.1, -0.05) is 41.4 Å². The van der Waals surface area contributed by atoms with Crippen molar-refractivity contribution in [2.75, 3.05) is 44.0 Å². The van der Waals surface area contributed by atoms with Gasteiger partial charge in [-0.3, -0.25) is 5.32 Å². The highest BCUT2D eigenvalue weighted by Crippen LogP contribution is 2.29. The number of halogens is 3. The fourth-order valence-corrected chi connectivity index (χ4v) is 4.38. The fourth-order valence-electron chi connectivity index (χ4n) is 3.82. The smallest absolute Gasteiger partial charge is 0.430 e. The number of hydrogen-bond donors (Lipinski definition) is 2. The van der Waals surface area contributed by atoms with E-state index >= 15 is 0 Å². The number of amides is 3. The summed E-state index contributed by atoms with van der Waals surface area (Å²) in [6, 6.07) is 12.0. The van der Waals surface area contributed by atoms with Gasteiger partial charge < -0.3 is 15.2 Å². The van der Waals surface area contributed by atoms with Crippen LogP contribution in [-0.4, -0.2) is 59.5 Å². The molecule has 9 nitrogen and oxygen atoms in total. The largest absolute Gasteiger partial charge is 0.489 e. The molecule has 0 spiro atoms. The molecule has 0 atom stereocenters. The number of nitrogen functional groups attached to an aromatic ring is 1. The molecule has 1 saturated heterocycles. The first-order chi connectivity index (χ1) is 17.3. The van der Waals surface area contributed by atoms with Crippen LogP contribution in [0.4, 0.5) is 20.8 Å². The van der Waals surface area contributed by atoms with Crippen LogP contribution in [0.2, 0.25) is 10.0 Å². The van der Waals surface area contributed by atoms with E-state index in [4.69, 9.17) is 38.4 Å². The van der Waals surface area contributed by atoms with Gasteiger partial charge in [-0.25, -0.2) is 14.0 Å². The molecule has 0 saturated carbocycles. The zero-order valence-corrected chi connectivity index (χ0v) is 20.6. The summed E-state index contributed by atoms with van der Waals surface area (Å²) in [5.41, 5.74) is 6.69. The molecule has 1 aliphatic heterocycles. The minimum absolute atomic E-state index is 0.0138. The number of nitrogens with one attached hydrogen (secondary N) is 1. The molecule has 1 aromatic heterocycles. The maximum absolute atomic E-state index is 13.8. The van der Waals surface area contributed by atoms with Gasteiger partial charge in [0.05, 0.1) is 30.4 Å². The Kier molecular flexibility index (Phi) is 8.00. The Morgan fingerprint density at radius 3 is 2.56 bits per heavy atom. The second-order valence-corrected chi connectivity index (χ2v) is 8.81. The lowest BCUT2D eigenvalue weighted by molar-refractivity contribution is -0.775. The summed E-state index contributed by atoms with van der Waals surface area (Å²) in [5, 5.41) is 10.6. The van der Waals surface area contributed by atoms with E-state index in [-0.39, 0.29) is 67.6 Å². The Morgan fingerprint density at radius 1 is 1.11 bits per heavy atom.